The van der Waals surface area contributed by atoms with E-state index in [-0.39, 0.29) is 11.4 Å². The number of nitrogens with two attached hydrogens (primary N) is 2. The fourth-order valence-electron chi connectivity index (χ4n) is 1.68. The molecule has 0 saturated carbocycles. The fraction of sp³-hybridized carbons (Fsp3) is 0. The van der Waals surface area contributed by atoms with Gasteiger partial charge in [0.1, 0.15) is 17.5 Å². The van der Waals surface area contributed by atoms with Crippen molar-refractivity contribution in [1.82, 2.24) is 0 Å². The normalized spacial score (nSPS) is 10.4. The average Bonchev–Trinajstić information content (AvgIpc) is 2.36. The minimum atomic E-state index is -1.01. The average molecular weight is 281 g/mol. The summed E-state index contributed by atoms with van der Waals surface area (Å²) >= 11 is 0. The van der Waals surface area contributed by atoms with Crippen molar-refractivity contribution in [2.45, 2.75) is 0 Å². The molecule has 0 aliphatic rings. The van der Waals surface area contributed by atoms with Gasteiger partial charge in [-0.05, 0) is 24.3 Å². The molecule has 0 aliphatic carbocycles. The number of anilines is 2. The highest BCUT2D eigenvalue weighted by Gasteiger charge is 2.21. The number of carbonyl (C=O) groups is 1. The predicted molar refractivity (Wildman–Crippen MR) is 68.2 cm³/mol. The van der Waals surface area contributed by atoms with Gasteiger partial charge in [0.05, 0.1) is 11.3 Å². The van der Waals surface area contributed by atoms with Gasteiger partial charge in [-0.2, -0.15) is 0 Å². The monoisotopic (exact) mass is 281 g/mol. The SMILES string of the molecule is Nc1cccc(F)c1C(=O)N(N)c1cc(F)cc(F)c1. The zero-order chi connectivity index (χ0) is 14.9. The topological polar surface area (TPSA) is 72.4 Å². The molecular weight excluding hydrogens is 271 g/mol. The highest BCUT2D eigenvalue weighted by atomic mass is 19.1. The van der Waals surface area contributed by atoms with E-state index >= 15 is 0 Å². The number of hydrazine groups is 1. The van der Waals surface area contributed by atoms with E-state index < -0.39 is 28.9 Å². The van der Waals surface area contributed by atoms with Crippen LogP contribution in [-0.4, -0.2) is 5.91 Å². The van der Waals surface area contributed by atoms with Gasteiger partial charge in [0, 0.05) is 11.8 Å². The minimum Gasteiger partial charge on any atom is -0.398 e. The molecule has 0 fully saturated rings. The van der Waals surface area contributed by atoms with Gasteiger partial charge in [-0.3, -0.25) is 4.79 Å². The Morgan fingerprint density at radius 1 is 1.05 bits per heavy atom. The standard InChI is InChI=1S/C13H10F3N3O/c14-7-4-8(15)6-9(5-7)19(18)13(20)12-10(16)2-1-3-11(12)17/h1-6H,17-18H2. The maximum atomic E-state index is 13.6. The van der Waals surface area contributed by atoms with Crippen LogP contribution in [0.15, 0.2) is 36.4 Å². The van der Waals surface area contributed by atoms with Crippen molar-refractivity contribution in [3.63, 3.8) is 0 Å². The van der Waals surface area contributed by atoms with Gasteiger partial charge in [0.15, 0.2) is 0 Å². The van der Waals surface area contributed by atoms with E-state index in [0.717, 1.165) is 18.2 Å². The summed E-state index contributed by atoms with van der Waals surface area (Å²) in [4.78, 5) is 12.0. The second-order valence-corrected chi connectivity index (χ2v) is 4.01. The van der Waals surface area contributed by atoms with E-state index in [1.54, 1.807) is 0 Å². The Labute approximate surface area is 112 Å². The molecule has 2 aromatic rings. The molecule has 0 spiro atoms. The van der Waals surface area contributed by atoms with Gasteiger partial charge >= 0.3 is 0 Å². The van der Waals surface area contributed by atoms with Crippen molar-refractivity contribution in [2.75, 3.05) is 10.7 Å². The summed E-state index contributed by atoms with van der Waals surface area (Å²) in [6.45, 7) is 0. The summed E-state index contributed by atoms with van der Waals surface area (Å²) in [5, 5.41) is 0.431. The second-order valence-electron chi connectivity index (χ2n) is 4.01. The fourth-order valence-corrected chi connectivity index (χ4v) is 1.68. The van der Waals surface area contributed by atoms with Crippen molar-refractivity contribution < 1.29 is 18.0 Å². The molecule has 0 saturated heterocycles. The molecule has 4 nitrogen and oxygen atoms in total. The number of benzene rings is 2. The van der Waals surface area contributed by atoms with E-state index in [1.165, 1.54) is 12.1 Å². The van der Waals surface area contributed by atoms with E-state index in [4.69, 9.17) is 11.6 Å². The quantitative estimate of drug-likeness (QED) is 0.383. The van der Waals surface area contributed by atoms with E-state index in [0.29, 0.717) is 11.1 Å². The molecule has 2 aromatic carbocycles. The maximum absolute atomic E-state index is 13.6. The first kappa shape index (κ1) is 13.9. The van der Waals surface area contributed by atoms with Crippen molar-refractivity contribution in [3.05, 3.63) is 59.4 Å². The van der Waals surface area contributed by atoms with Crippen molar-refractivity contribution in [3.8, 4) is 0 Å². The number of hydrogen-bond acceptors (Lipinski definition) is 3. The number of rotatable bonds is 2. The molecule has 4 N–H and O–H groups in total. The number of amides is 1. The van der Waals surface area contributed by atoms with Gasteiger partial charge in [-0.25, -0.2) is 24.0 Å². The lowest BCUT2D eigenvalue weighted by Crippen LogP contribution is -2.38. The Hall–Kier alpha value is -2.54. The summed E-state index contributed by atoms with van der Waals surface area (Å²) in [6.07, 6.45) is 0. The molecule has 0 heterocycles. The molecule has 0 aromatic heterocycles. The van der Waals surface area contributed by atoms with Crippen LogP contribution in [0.3, 0.4) is 0 Å². The zero-order valence-corrected chi connectivity index (χ0v) is 10.1. The molecule has 0 unspecified atom stereocenters. The third-order valence-electron chi connectivity index (χ3n) is 2.60. The van der Waals surface area contributed by atoms with Gasteiger partial charge in [-0.1, -0.05) is 6.07 Å². The zero-order valence-electron chi connectivity index (χ0n) is 10.1. The predicted octanol–water partition coefficient (Wildman–Crippen LogP) is 2.21. The highest BCUT2D eigenvalue weighted by molar-refractivity contribution is 6.08. The van der Waals surface area contributed by atoms with Gasteiger partial charge < -0.3 is 5.73 Å². The smallest absolute Gasteiger partial charge is 0.277 e. The van der Waals surface area contributed by atoms with Crippen LogP contribution in [0.1, 0.15) is 10.4 Å². The number of nitrogen functional groups attached to an aromatic ring is 1. The van der Waals surface area contributed by atoms with Gasteiger partial charge in [0.25, 0.3) is 5.91 Å². The first-order valence-corrected chi connectivity index (χ1v) is 5.49. The van der Waals surface area contributed by atoms with Crippen LogP contribution in [0.2, 0.25) is 0 Å². The van der Waals surface area contributed by atoms with Crippen LogP contribution >= 0.6 is 0 Å². The summed E-state index contributed by atoms with van der Waals surface area (Å²) < 4.78 is 39.8. The first-order chi connectivity index (χ1) is 9.40. The molecule has 0 atom stereocenters. The number of carbonyl (C=O) groups excluding carboxylic acids is 1. The Bertz CT molecular complexity index is 635. The van der Waals surface area contributed by atoms with E-state index in [1.807, 2.05) is 0 Å². The maximum Gasteiger partial charge on any atom is 0.277 e. The second kappa shape index (κ2) is 5.22. The van der Waals surface area contributed by atoms with E-state index in [9.17, 15) is 18.0 Å². The van der Waals surface area contributed by atoms with Crippen LogP contribution in [-0.2, 0) is 0 Å². The Morgan fingerprint density at radius 2 is 1.65 bits per heavy atom. The molecular formula is C13H10F3N3O. The minimum absolute atomic E-state index is 0.123. The largest absolute Gasteiger partial charge is 0.398 e. The van der Waals surface area contributed by atoms with Crippen LogP contribution < -0.4 is 16.6 Å². The molecule has 0 bridgehead atoms. The van der Waals surface area contributed by atoms with Gasteiger partial charge in [0.2, 0.25) is 0 Å². The summed E-state index contributed by atoms with van der Waals surface area (Å²) in [6, 6.07) is 5.99. The molecule has 7 heteroatoms. The molecule has 0 radical (unpaired) electrons. The van der Waals surface area contributed by atoms with Crippen LogP contribution in [0, 0.1) is 17.5 Å². The van der Waals surface area contributed by atoms with Crippen molar-refractivity contribution in [2.24, 2.45) is 5.84 Å². The highest BCUT2D eigenvalue weighted by Crippen LogP contribution is 2.21. The number of nitrogens with zero attached hydrogens (tertiary/aromatic N) is 1. The van der Waals surface area contributed by atoms with Crippen LogP contribution in [0.4, 0.5) is 24.5 Å². The molecule has 20 heavy (non-hydrogen) atoms. The van der Waals surface area contributed by atoms with Crippen LogP contribution in [0.5, 0.6) is 0 Å². The third-order valence-corrected chi connectivity index (χ3v) is 2.60. The molecule has 104 valence electrons. The number of hydrogen-bond donors (Lipinski definition) is 2. The summed E-state index contributed by atoms with van der Waals surface area (Å²) in [5.74, 6) is 1.77. The molecule has 0 aliphatic heterocycles. The summed E-state index contributed by atoms with van der Waals surface area (Å²) in [5.41, 5.74) is 4.67. The Kier molecular flexibility index (Phi) is 3.62. The lowest BCUT2D eigenvalue weighted by molar-refractivity contribution is 0.0984. The first-order valence-electron chi connectivity index (χ1n) is 5.49. The number of halogens is 3. The molecule has 2 rings (SSSR count). The van der Waals surface area contributed by atoms with Crippen molar-refractivity contribution >= 4 is 17.3 Å². The Morgan fingerprint density at radius 3 is 2.20 bits per heavy atom. The Balaban J connectivity index is 2.42. The lowest BCUT2D eigenvalue weighted by Gasteiger charge is -2.18. The summed E-state index contributed by atoms with van der Waals surface area (Å²) in [7, 11) is 0. The third kappa shape index (κ3) is 2.57. The van der Waals surface area contributed by atoms with Gasteiger partial charge in [-0.15, -0.1) is 0 Å². The van der Waals surface area contributed by atoms with E-state index in [2.05, 4.69) is 0 Å². The van der Waals surface area contributed by atoms with Crippen molar-refractivity contribution in [1.29, 1.82) is 0 Å². The lowest BCUT2D eigenvalue weighted by atomic mass is 10.1. The van der Waals surface area contributed by atoms with Crippen LogP contribution in [0.25, 0.3) is 0 Å². The molecule has 1 amide bonds.